The molecule has 0 spiro atoms. The smallest absolute Gasteiger partial charge is 0.411 e. The van der Waals surface area contributed by atoms with Crippen LogP contribution in [0.4, 0.5) is 26.4 Å². The van der Waals surface area contributed by atoms with Gasteiger partial charge >= 0.3 is 12.1 Å². The Bertz CT molecular complexity index is 1740. The van der Waals surface area contributed by atoms with Crippen molar-refractivity contribution in [3.05, 3.63) is 89.4 Å². The van der Waals surface area contributed by atoms with Gasteiger partial charge in [0.1, 0.15) is 11.6 Å². The van der Waals surface area contributed by atoms with Gasteiger partial charge in [-0.25, -0.2) is 27.4 Å². The lowest BCUT2D eigenvalue weighted by Crippen LogP contribution is -2.20. The van der Waals surface area contributed by atoms with E-state index in [1.807, 2.05) is 0 Å². The van der Waals surface area contributed by atoms with Crippen LogP contribution in [-0.4, -0.2) is 44.2 Å². The number of aromatic nitrogens is 1. The molecule has 1 unspecified atom stereocenters. The fraction of sp³-hybridized carbons (Fsp3) is 0.179. The summed E-state index contributed by atoms with van der Waals surface area (Å²) in [6.45, 7) is 0.339. The highest BCUT2D eigenvalue weighted by molar-refractivity contribution is 14.2. The number of ether oxygens (including phenoxy) is 1. The molecule has 0 aliphatic carbocycles. The molecule has 0 aliphatic heterocycles. The van der Waals surface area contributed by atoms with Crippen molar-refractivity contribution in [2.75, 3.05) is 30.0 Å². The second-order valence-corrected chi connectivity index (χ2v) is 14.0. The first-order valence-corrected chi connectivity index (χ1v) is 16.6. The number of carboxylic acids is 1. The van der Waals surface area contributed by atoms with E-state index < -0.39 is 30.9 Å². The summed E-state index contributed by atoms with van der Waals surface area (Å²) in [7, 11) is -1.77. The van der Waals surface area contributed by atoms with Crippen LogP contribution in [0.2, 0.25) is 0 Å². The summed E-state index contributed by atoms with van der Waals surface area (Å²) in [5.41, 5.74) is 8.16. The van der Waals surface area contributed by atoms with Crippen LogP contribution in [0.25, 0.3) is 10.8 Å². The second kappa shape index (κ2) is 13.3. The van der Waals surface area contributed by atoms with E-state index in [9.17, 15) is 27.5 Å². The fourth-order valence-electron chi connectivity index (χ4n) is 4.35. The first-order valence-electron chi connectivity index (χ1n) is 12.5. The van der Waals surface area contributed by atoms with Gasteiger partial charge in [0.2, 0.25) is 7.01 Å². The number of aliphatic carboxylic acids is 1. The van der Waals surface area contributed by atoms with Crippen molar-refractivity contribution < 1.29 is 32.2 Å². The predicted molar refractivity (Wildman–Crippen MR) is 166 cm³/mol. The highest BCUT2D eigenvalue weighted by Gasteiger charge is 2.21. The number of fused-ring (bicyclic) bond motifs is 1. The molecule has 0 saturated carbocycles. The first kappa shape index (κ1) is 30.9. The van der Waals surface area contributed by atoms with E-state index in [0.29, 0.717) is 35.2 Å². The SMILES string of the molecule is CNCc1cc(NC(=O)OCCc2ccc(C(Nc3cc(F)c4c(N)nccc4c3)C(=O)O)cc2)ccc1S(=O)(=O)I. The standard InChI is InChI=1S/C28H27FIN5O6S/c1-32-15-19-13-20(6-7-23(19)42(30,39)40)35-28(38)41-11-9-16-2-4-17(5-3-16)25(27(36)37)34-21-12-18-8-10-33-26(31)24(18)22(29)14-21/h2-8,10,12-14,25,32,34H,9,11,15H2,1H3,(H2,31,33)(H,35,38)(H,36,37). The van der Waals surface area contributed by atoms with E-state index in [1.165, 1.54) is 45.6 Å². The van der Waals surface area contributed by atoms with Gasteiger partial charge in [0.05, 0.1) is 38.1 Å². The van der Waals surface area contributed by atoms with E-state index in [1.54, 1.807) is 49.5 Å². The Balaban J connectivity index is 1.36. The number of nitrogens with zero attached hydrogens (tertiary/aromatic N) is 1. The maximum atomic E-state index is 14.6. The van der Waals surface area contributed by atoms with Gasteiger partial charge in [-0.2, -0.15) is 0 Å². The van der Waals surface area contributed by atoms with Crippen molar-refractivity contribution in [2.24, 2.45) is 0 Å². The number of hydrogen-bond donors (Lipinski definition) is 5. The number of nitrogens with one attached hydrogen (secondary N) is 3. The Morgan fingerprint density at radius 1 is 1.10 bits per heavy atom. The summed E-state index contributed by atoms with van der Waals surface area (Å²) < 4.78 is 43.8. The van der Waals surface area contributed by atoms with Crippen LogP contribution in [0.1, 0.15) is 22.7 Å². The van der Waals surface area contributed by atoms with Crippen molar-refractivity contribution >= 4 is 68.2 Å². The van der Waals surface area contributed by atoms with Crippen LogP contribution < -0.4 is 21.7 Å². The largest absolute Gasteiger partial charge is 0.479 e. The lowest BCUT2D eigenvalue weighted by atomic mass is 10.0. The Kier molecular flexibility index (Phi) is 9.80. The van der Waals surface area contributed by atoms with E-state index in [-0.39, 0.29) is 28.4 Å². The Morgan fingerprint density at radius 2 is 1.83 bits per heavy atom. The second-order valence-electron chi connectivity index (χ2n) is 9.21. The van der Waals surface area contributed by atoms with Crippen molar-refractivity contribution in [3.8, 4) is 0 Å². The van der Waals surface area contributed by atoms with Gasteiger partial charge in [-0.05, 0) is 65.5 Å². The Labute approximate surface area is 253 Å². The summed E-state index contributed by atoms with van der Waals surface area (Å²) in [5, 5.41) is 18.8. The molecule has 0 fully saturated rings. The third-order valence-corrected chi connectivity index (χ3v) is 8.62. The molecule has 1 atom stereocenters. The molecule has 1 heterocycles. The molecule has 4 rings (SSSR count). The Hall–Kier alpha value is -4.02. The van der Waals surface area contributed by atoms with E-state index in [0.717, 1.165) is 5.56 Å². The summed E-state index contributed by atoms with van der Waals surface area (Å²) >= 11 is 1.37. The number of amides is 1. The number of hydrogen-bond acceptors (Lipinski definition) is 9. The van der Waals surface area contributed by atoms with Crippen molar-refractivity contribution in [2.45, 2.75) is 23.9 Å². The number of carbonyl (C=O) groups is 2. The summed E-state index contributed by atoms with van der Waals surface area (Å²) in [6, 6.07) is 14.4. The summed E-state index contributed by atoms with van der Waals surface area (Å²) in [5.74, 6) is -1.72. The number of nitrogen functional groups attached to an aromatic ring is 1. The number of anilines is 3. The zero-order chi connectivity index (χ0) is 30.4. The van der Waals surface area contributed by atoms with Crippen LogP contribution in [0.5, 0.6) is 0 Å². The summed E-state index contributed by atoms with van der Waals surface area (Å²) in [6.07, 6.45) is 1.10. The predicted octanol–water partition coefficient (Wildman–Crippen LogP) is 4.83. The number of benzene rings is 3. The molecule has 14 heteroatoms. The molecule has 11 nitrogen and oxygen atoms in total. The number of nitrogens with two attached hydrogens (primary N) is 1. The van der Waals surface area contributed by atoms with Crippen LogP contribution in [0, 0.1) is 5.82 Å². The molecule has 0 bridgehead atoms. The van der Waals surface area contributed by atoms with Crippen molar-refractivity contribution in [1.29, 1.82) is 0 Å². The maximum absolute atomic E-state index is 14.6. The maximum Gasteiger partial charge on any atom is 0.411 e. The van der Waals surface area contributed by atoms with Gasteiger partial charge in [0, 0.05) is 30.5 Å². The van der Waals surface area contributed by atoms with Gasteiger partial charge in [0.15, 0.2) is 6.04 Å². The molecule has 220 valence electrons. The van der Waals surface area contributed by atoms with Gasteiger partial charge in [0.25, 0.3) is 0 Å². The highest BCUT2D eigenvalue weighted by atomic mass is 127. The topological polar surface area (TPSA) is 173 Å². The van der Waals surface area contributed by atoms with Crippen LogP contribution in [-0.2, 0) is 29.5 Å². The molecular formula is C28H27FIN5O6S. The quantitative estimate of drug-likeness (QED) is 0.107. The molecule has 0 aliphatic rings. The molecule has 0 radical (unpaired) electrons. The zero-order valence-corrected chi connectivity index (χ0v) is 25.2. The normalized spacial score (nSPS) is 12.1. The Morgan fingerprint density at radius 3 is 2.50 bits per heavy atom. The number of halogens is 2. The van der Waals surface area contributed by atoms with E-state index in [2.05, 4.69) is 20.9 Å². The fourth-order valence-corrected chi connectivity index (χ4v) is 6.31. The van der Waals surface area contributed by atoms with E-state index >= 15 is 0 Å². The molecular weight excluding hydrogens is 680 g/mol. The molecule has 3 aromatic carbocycles. The highest BCUT2D eigenvalue weighted by Crippen LogP contribution is 2.29. The van der Waals surface area contributed by atoms with Gasteiger partial charge in [-0.3, -0.25) is 5.32 Å². The van der Waals surface area contributed by atoms with Gasteiger partial charge in [-0.15, -0.1) is 0 Å². The lowest BCUT2D eigenvalue weighted by Gasteiger charge is -2.17. The van der Waals surface area contributed by atoms with Crippen molar-refractivity contribution in [1.82, 2.24) is 10.3 Å². The molecule has 42 heavy (non-hydrogen) atoms. The molecule has 1 aromatic heterocycles. The minimum Gasteiger partial charge on any atom is -0.479 e. The number of carbonyl (C=O) groups excluding carboxylic acids is 1. The van der Waals surface area contributed by atoms with Crippen molar-refractivity contribution in [3.63, 3.8) is 0 Å². The molecule has 4 aromatic rings. The average Bonchev–Trinajstić information content (AvgIpc) is 2.91. The molecule has 0 saturated heterocycles. The average molecular weight is 708 g/mol. The minimum absolute atomic E-state index is 0.0454. The first-order chi connectivity index (χ1) is 20.0. The third kappa shape index (κ3) is 7.63. The van der Waals surface area contributed by atoms with Crippen LogP contribution in [0.15, 0.2) is 71.8 Å². The van der Waals surface area contributed by atoms with E-state index in [4.69, 9.17) is 10.5 Å². The van der Waals surface area contributed by atoms with Crippen LogP contribution >= 0.6 is 21.2 Å². The van der Waals surface area contributed by atoms with Gasteiger partial charge in [-0.1, -0.05) is 24.3 Å². The molecule has 1 amide bonds. The lowest BCUT2D eigenvalue weighted by molar-refractivity contribution is -0.138. The third-order valence-electron chi connectivity index (χ3n) is 6.28. The molecule has 6 N–H and O–H groups in total. The minimum atomic E-state index is -3.46. The number of rotatable bonds is 11. The number of carboxylic acid groups (broad SMARTS) is 1. The monoisotopic (exact) mass is 707 g/mol. The zero-order valence-electron chi connectivity index (χ0n) is 22.2. The van der Waals surface area contributed by atoms with Crippen LogP contribution in [0.3, 0.4) is 0 Å². The van der Waals surface area contributed by atoms with Gasteiger partial charge < -0.3 is 26.2 Å². The summed E-state index contributed by atoms with van der Waals surface area (Å²) in [4.78, 5) is 28.4. The number of pyridine rings is 1.